The van der Waals surface area contributed by atoms with Crippen LogP contribution >= 0.6 is 11.6 Å². The third-order valence-corrected chi connectivity index (χ3v) is 5.81. The van der Waals surface area contributed by atoms with Gasteiger partial charge < -0.3 is 14.4 Å². The number of hydrogen-bond acceptors (Lipinski definition) is 4. The van der Waals surface area contributed by atoms with Crippen LogP contribution in [0, 0.1) is 0 Å². The maximum absolute atomic E-state index is 13.4. The molecular weight excluding hydrogens is 352 g/mol. The standard InChI is InChI=1S/C20H29ClN2O3/c1-14-11-15-12-17(25-2)18(26-3)13-16(15)20(24)23(14)19-7-4-5-9-22(19)10-6-8-21/h12-14,19H,4-11H2,1-3H3. The number of ether oxygens (including phenoxy) is 2. The van der Waals surface area contributed by atoms with Crippen molar-refractivity contribution in [2.45, 2.75) is 51.2 Å². The van der Waals surface area contributed by atoms with Crippen LogP contribution in [-0.4, -0.2) is 61.1 Å². The maximum atomic E-state index is 13.4. The first kappa shape index (κ1) is 19.3. The van der Waals surface area contributed by atoms with Gasteiger partial charge in [-0.2, -0.15) is 0 Å². The zero-order valence-corrected chi connectivity index (χ0v) is 16.7. The summed E-state index contributed by atoms with van der Waals surface area (Å²) in [6.07, 6.45) is 5.34. The largest absolute Gasteiger partial charge is 0.493 e. The second kappa shape index (κ2) is 8.49. The van der Waals surface area contributed by atoms with Crippen molar-refractivity contribution in [1.82, 2.24) is 9.80 Å². The molecule has 1 amide bonds. The van der Waals surface area contributed by atoms with Gasteiger partial charge in [0, 0.05) is 30.6 Å². The molecule has 3 rings (SSSR count). The highest BCUT2D eigenvalue weighted by Gasteiger charge is 2.38. The number of benzene rings is 1. The summed E-state index contributed by atoms with van der Waals surface area (Å²) in [4.78, 5) is 17.9. The molecular formula is C20H29ClN2O3. The Balaban J connectivity index is 1.91. The van der Waals surface area contributed by atoms with Gasteiger partial charge >= 0.3 is 0 Å². The van der Waals surface area contributed by atoms with Crippen molar-refractivity contribution in [1.29, 1.82) is 0 Å². The minimum Gasteiger partial charge on any atom is -0.493 e. The lowest BCUT2D eigenvalue weighted by atomic mass is 9.91. The van der Waals surface area contributed by atoms with Crippen molar-refractivity contribution < 1.29 is 14.3 Å². The van der Waals surface area contributed by atoms with Crippen LogP contribution in [0.4, 0.5) is 0 Å². The number of amides is 1. The molecule has 1 aromatic carbocycles. The second-order valence-corrected chi connectivity index (χ2v) is 7.56. The van der Waals surface area contributed by atoms with Crippen LogP contribution in [0.3, 0.4) is 0 Å². The maximum Gasteiger partial charge on any atom is 0.255 e. The monoisotopic (exact) mass is 380 g/mol. The molecule has 5 nitrogen and oxygen atoms in total. The van der Waals surface area contributed by atoms with Crippen molar-refractivity contribution in [3.8, 4) is 11.5 Å². The molecule has 26 heavy (non-hydrogen) atoms. The number of fused-ring (bicyclic) bond motifs is 1. The first-order valence-corrected chi connectivity index (χ1v) is 10.0. The highest BCUT2D eigenvalue weighted by Crippen LogP contribution is 2.36. The Kier molecular flexibility index (Phi) is 6.30. The highest BCUT2D eigenvalue weighted by atomic mass is 35.5. The molecule has 2 heterocycles. The predicted octanol–water partition coefficient (Wildman–Crippen LogP) is 3.53. The van der Waals surface area contributed by atoms with Crippen LogP contribution in [-0.2, 0) is 6.42 Å². The first-order chi connectivity index (χ1) is 12.6. The van der Waals surface area contributed by atoms with Crippen LogP contribution in [0.5, 0.6) is 11.5 Å². The number of piperidine rings is 1. The van der Waals surface area contributed by atoms with Crippen molar-refractivity contribution in [2.24, 2.45) is 0 Å². The molecule has 144 valence electrons. The second-order valence-electron chi connectivity index (χ2n) is 7.18. The van der Waals surface area contributed by atoms with Gasteiger partial charge in [-0.25, -0.2) is 0 Å². The van der Waals surface area contributed by atoms with E-state index in [9.17, 15) is 4.79 Å². The molecule has 0 bridgehead atoms. The molecule has 2 atom stereocenters. The summed E-state index contributed by atoms with van der Waals surface area (Å²) in [5.41, 5.74) is 1.78. The molecule has 0 saturated carbocycles. The van der Waals surface area contributed by atoms with E-state index in [0.717, 1.165) is 49.9 Å². The van der Waals surface area contributed by atoms with E-state index < -0.39 is 0 Å². The SMILES string of the molecule is COc1cc2c(cc1OC)C(=O)N(C1CCCCN1CCCCl)C(C)C2. The molecule has 2 aliphatic heterocycles. The van der Waals surface area contributed by atoms with Gasteiger partial charge in [0.05, 0.1) is 20.4 Å². The minimum atomic E-state index is 0.0995. The fourth-order valence-corrected chi connectivity index (χ4v) is 4.41. The normalized spacial score (nSPS) is 23.7. The topological polar surface area (TPSA) is 42.0 Å². The van der Waals surface area contributed by atoms with E-state index in [1.54, 1.807) is 14.2 Å². The molecule has 0 spiro atoms. The van der Waals surface area contributed by atoms with E-state index in [4.69, 9.17) is 21.1 Å². The number of methoxy groups -OCH3 is 2. The van der Waals surface area contributed by atoms with Gasteiger partial charge in [0.1, 0.15) is 0 Å². The first-order valence-electron chi connectivity index (χ1n) is 9.48. The summed E-state index contributed by atoms with van der Waals surface area (Å²) in [7, 11) is 3.23. The fourth-order valence-electron chi connectivity index (χ4n) is 4.29. The molecule has 1 saturated heterocycles. The van der Waals surface area contributed by atoms with Crippen molar-refractivity contribution in [3.63, 3.8) is 0 Å². The van der Waals surface area contributed by atoms with Gasteiger partial charge in [0.15, 0.2) is 11.5 Å². The lowest BCUT2D eigenvalue weighted by Gasteiger charge is -2.47. The summed E-state index contributed by atoms with van der Waals surface area (Å²) in [5, 5.41) is 0. The fraction of sp³-hybridized carbons (Fsp3) is 0.650. The number of carbonyl (C=O) groups excluding carboxylic acids is 1. The summed E-state index contributed by atoms with van der Waals surface area (Å²) in [5.74, 6) is 2.05. The van der Waals surface area contributed by atoms with Gasteiger partial charge in [-0.15, -0.1) is 11.6 Å². The smallest absolute Gasteiger partial charge is 0.255 e. The molecule has 0 radical (unpaired) electrons. The number of halogens is 1. The zero-order chi connectivity index (χ0) is 18.7. The molecule has 1 fully saturated rings. The average molecular weight is 381 g/mol. The van der Waals surface area contributed by atoms with E-state index in [1.165, 1.54) is 6.42 Å². The van der Waals surface area contributed by atoms with Crippen molar-refractivity contribution in [2.75, 3.05) is 33.2 Å². The van der Waals surface area contributed by atoms with Crippen LogP contribution < -0.4 is 9.47 Å². The Hall–Kier alpha value is -1.46. The van der Waals surface area contributed by atoms with E-state index in [0.29, 0.717) is 17.4 Å². The Morgan fingerprint density at radius 1 is 1.19 bits per heavy atom. The molecule has 2 unspecified atom stereocenters. The predicted molar refractivity (Wildman–Crippen MR) is 103 cm³/mol. The van der Waals surface area contributed by atoms with Crippen LogP contribution in [0.2, 0.25) is 0 Å². The number of nitrogens with zero attached hydrogens (tertiary/aromatic N) is 2. The van der Waals surface area contributed by atoms with E-state index >= 15 is 0 Å². The number of rotatable bonds is 6. The molecule has 0 N–H and O–H groups in total. The zero-order valence-electron chi connectivity index (χ0n) is 16.0. The lowest BCUT2D eigenvalue weighted by molar-refractivity contribution is -0.00425. The lowest BCUT2D eigenvalue weighted by Crippen LogP contribution is -2.58. The highest BCUT2D eigenvalue weighted by molar-refractivity contribution is 6.17. The average Bonchev–Trinajstić information content (AvgIpc) is 2.66. The van der Waals surface area contributed by atoms with Crippen LogP contribution in [0.1, 0.15) is 48.5 Å². The summed E-state index contributed by atoms with van der Waals surface area (Å²) < 4.78 is 10.8. The van der Waals surface area contributed by atoms with Crippen molar-refractivity contribution >= 4 is 17.5 Å². The van der Waals surface area contributed by atoms with Gasteiger partial charge in [0.25, 0.3) is 5.91 Å². The number of hydrogen-bond donors (Lipinski definition) is 0. The Morgan fingerprint density at radius 2 is 1.92 bits per heavy atom. The minimum absolute atomic E-state index is 0.0995. The molecule has 0 aromatic heterocycles. The Labute approximate surface area is 161 Å². The molecule has 6 heteroatoms. The summed E-state index contributed by atoms with van der Waals surface area (Å²) >= 11 is 5.91. The summed E-state index contributed by atoms with van der Waals surface area (Å²) in [6, 6.07) is 3.95. The van der Waals surface area contributed by atoms with E-state index in [2.05, 4.69) is 16.7 Å². The van der Waals surface area contributed by atoms with Crippen molar-refractivity contribution in [3.05, 3.63) is 23.3 Å². The van der Waals surface area contributed by atoms with Crippen LogP contribution in [0.15, 0.2) is 12.1 Å². The third-order valence-electron chi connectivity index (χ3n) is 5.54. The summed E-state index contributed by atoms with van der Waals surface area (Å²) in [6.45, 7) is 4.13. The molecule has 2 aliphatic rings. The van der Waals surface area contributed by atoms with Gasteiger partial charge in [-0.3, -0.25) is 9.69 Å². The molecule has 0 aliphatic carbocycles. The number of carbonyl (C=O) groups is 1. The number of alkyl halides is 1. The van der Waals surface area contributed by atoms with E-state index in [1.807, 2.05) is 12.1 Å². The quantitative estimate of drug-likeness (QED) is 0.708. The van der Waals surface area contributed by atoms with Gasteiger partial charge in [-0.05, 0) is 56.7 Å². The Morgan fingerprint density at radius 3 is 2.62 bits per heavy atom. The Bertz CT molecular complexity index is 652. The van der Waals surface area contributed by atoms with Gasteiger partial charge in [-0.1, -0.05) is 0 Å². The van der Waals surface area contributed by atoms with Crippen LogP contribution in [0.25, 0.3) is 0 Å². The van der Waals surface area contributed by atoms with E-state index in [-0.39, 0.29) is 18.1 Å². The molecule has 1 aromatic rings. The third kappa shape index (κ3) is 3.65. The number of likely N-dealkylation sites (tertiary alicyclic amines) is 1. The van der Waals surface area contributed by atoms with Gasteiger partial charge in [0.2, 0.25) is 0 Å².